The molecule has 0 spiro atoms. The SMILES string of the molecule is CCC(C)c1nc(N2CCCCC2CC)sc1CNC. The van der Waals surface area contributed by atoms with Gasteiger partial charge in [0.2, 0.25) is 0 Å². The highest BCUT2D eigenvalue weighted by Crippen LogP contribution is 2.35. The number of piperidine rings is 1. The van der Waals surface area contributed by atoms with Crippen LogP contribution >= 0.6 is 11.3 Å². The lowest BCUT2D eigenvalue weighted by Gasteiger charge is -2.35. The third-order valence-corrected chi connectivity index (χ3v) is 5.59. The Bertz CT molecular complexity index is 416. The standard InChI is InChI=1S/C16H29N3S/c1-5-12(3)15-14(11-17-4)20-16(18-15)19-10-8-7-9-13(19)6-2/h12-13,17H,5-11H2,1-4H3. The molecular weight excluding hydrogens is 266 g/mol. The van der Waals surface area contributed by atoms with Crippen LogP contribution in [0.4, 0.5) is 5.13 Å². The van der Waals surface area contributed by atoms with Crippen LogP contribution in [0.2, 0.25) is 0 Å². The average molecular weight is 295 g/mol. The maximum absolute atomic E-state index is 5.03. The smallest absolute Gasteiger partial charge is 0.186 e. The van der Waals surface area contributed by atoms with E-state index < -0.39 is 0 Å². The van der Waals surface area contributed by atoms with E-state index in [0.29, 0.717) is 12.0 Å². The fourth-order valence-electron chi connectivity index (χ4n) is 3.02. The zero-order chi connectivity index (χ0) is 14.5. The van der Waals surface area contributed by atoms with Crippen LogP contribution in [0.5, 0.6) is 0 Å². The third kappa shape index (κ3) is 3.34. The van der Waals surface area contributed by atoms with Crippen LogP contribution < -0.4 is 10.2 Å². The Balaban J connectivity index is 2.26. The minimum absolute atomic E-state index is 0.563. The van der Waals surface area contributed by atoms with Gasteiger partial charge < -0.3 is 10.2 Å². The van der Waals surface area contributed by atoms with Gasteiger partial charge in [0.15, 0.2) is 5.13 Å². The van der Waals surface area contributed by atoms with Crippen LogP contribution in [0.1, 0.15) is 69.4 Å². The summed E-state index contributed by atoms with van der Waals surface area (Å²) in [5, 5.41) is 4.56. The van der Waals surface area contributed by atoms with Crippen molar-refractivity contribution in [2.45, 2.75) is 71.4 Å². The number of hydrogen-bond donors (Lipinski definition) is 1. The largest absolute Gasteiger partial charge is 0.345 e. The molecule has 2 unspecified atom stereocenters. The van der Waals surface area contributed by atoms with Gasteiger partial charge in [-0.1, -0.05) is 20.8 Å². The van der Waals surface area contributed by atoms with E-state index in [9.17, 15) is 0 Å². The summed E-state index contributed by atoms with van der Waals surface area (Å²) in [6.45, 7) is 8.99. The lowest BCUT2D eigenvalue weighted by molar-refractivity contribution is 0.449. The molecule has 4 heteroatoms. The predicted molar refractivity (Wildman–Crippen MR) is 88.9 cm³/mol. The van der Waals surface area contributed by atoms with Gasteiger partial charge in [0.25, 0.3) is 0 Å². The van der Waals surface area contributed by atoms with Crippen molar-refractivity contribution in [2.24, 2.45) is 0 Å². The van der Waals surface area contributed by atoms with Gasteiger partial charge in [-0.25, -0.2) is 4.98 Å². The first-order valence-electron chi connectivity index (χ1n) is 8.12. The first-order chi connectivity index (χ1) is 9.71. The van der Waals surface area contributed by atoms with Crippen LogP contribution in [-0.2, 0) is 6.54 Å². The van der Waals surface area contributed by atoms with Crippen molar-refractivity contribution in [1.29, 1.82) is 0 Å². The number of thiazole rings is 1. The average Bonchev–Trinajstić information content (AvgIpc) is 2.90. The van der Waals surface area contributed by atoms with Crippen molar-refractivity contribution in [2.75, 3.05) is 18.5 Å². The van der Waals surface area contributed by atoms with Crippen molar-refractivity contribution in [1.82, 2.24) is 10.3 Å². The molecule has 1 saturated heterocycles. The third-order valence-electron chi connectivity index (χ3n) is 4.48. The molecule has 1 fully saturated rings. The predicted octanol–water partition coefficient (Wildman–Crippen LogP) is 4.14. The summed E-state index contributed by atoms with van der Waals surface area (Å²) in [6.07, 6.45) is 6.42. The van der Waals surface area contributed by atoms with E-state index in [0.717, 1.165) is 13.0 Å². The summed E-state index contributed by atoms with van der Waals surface area (Å²) in [4.78, 5) is 9.02. The van der Waals surface area contributed by atoms with Gasteiger partial charge in [-0.15, -0.1) is 11.3 Å². The van der Waals surface area contributed by atoms with E-state index in [1.165, 1.54) is 47.9 Å². The van der Waals surface area contributed by atoms with Gasteiger partial charge in [-0.05, 0) is 45.1 Å². The molecule has 2 rings (SSSR count). The fourth-order valence-corrected chi connectivity index (χ4v) is 4.31. The van der Waals surface area contributed by atoms with E-state index in [2.05, 4.69) is 31.0 Å². The number of anilines is 1. The molecule has 0 radical (unpaired) electrons. The lowest BCUT2D eigenvalue weighted by atomic mass is 10.0. The molecule has 0 amide bonds. The molecule has 1 aliphatic heterocycles. The molecule has 20 heavy (non-hydrogen) atoms. The number of hydrogen-bond acceptors (Lipinski definition) is 4. The maximum atomic E-state index is 5.03. The van der Waals surface area contributed by atoms with Gasteiger partial charge in [-0.2, -0.15) is 0 Å². The molecule has 1 N–H and O–H groups in total. The molecule has 0 aromatic carbocycles. The van der Waals surface area contributed by atoms with Crippen LogP contribution in [0, 0.1) is 0 Å². The fraction of sp³-hybridized carbons (Fsp3) is 0.812. The molecular formula is C16H29N3S. The van der Waals surface area contributed by atoms with E-state index in [4.69, 9.17) is 4.98 Å². The molecule has 3 nitrogen and oxygen atoms in total. The van der Waals surface area contributed by atoms with Gasteiger partial charge in [0.05, 0.1) is 5.69 Å². The van der Waals surface area contributed by atoms with Gasteiger partial charge in [-0.3, -0.25) is 0 Å². The van der Waals surface area contributed by atoms with Gasteiger partial charge in [0, 0.05) is 24.0 Å². The van der Waals surface area contributed by atoms with E-state index in [1.807, 2.05) is 18.4 Å². The molecule has 0 saturated carbocycles. The highest BCUT2D eigenvalue weighted by atomic mass is 32.1. The molecule has 0 aliphatic carbocycles. The summed E-state index contributed by atoms with van der Waals surface area (Å²) in [7, 11) is 2.02. The van der Waals surface area contributed by atoms with E-state index in [1.54, 1.807) is 0 Å². The van der Waals surface area contributed by atoms with Gasteiger partial charge in [0.1, 0.15) is 0 Å². The number of nitrogens with zero attached hydrogens (tertiary/aromatic N) is 2. The van der Waals surface area contributed by atoms with Crippen LogP contribution in [0.3, 0.4) is 0 Å². The lowest BCUT2D eigenvalue weighted by Crippen LogP contribution is -2.39. The van der Waals surface area contributed by atoms with Crippen molar-refractivity contribution >= 4 is 16.5 Å². The Labute approximate surface area is 127 Å². The van der Waals surface area contributed by atoms with Gasteiger partial charge >= 0.3 is 0 Å². The Kier molecular flexibility index (Phi) is 5.85. The van der Waals surface area contributed by atoms with E-state index >= 15 is 0 Å². The minimum atomic E-state index is 0.563. The molecule has 0 bridgehead atoms. The highest BCUT2D eigenvalue weighted by molar-refractivity contribution is 7.15. The monoisotopic (exact) mass is 295 g/mol. The minimum Gasteiger partial charge on any atom is -0.345 e. The maximum Gasteiger partial charge on any atom is 0.186 e. The molecule has 1 aliphatic rings. The van der Waals surface area contributed by atoms with Crippen molar-refractivity contribution in [3.63, 3.8) is 0 Å². The summed E-state index contributed by atoms with van der Waals surface area (Å²) >= 11 is 1.91. The normalized spacial score (nSPS) is 21.2. The summed E-state index contributed by atoms with van der Waals surface area (Å²) < 4.78 is 0. The number of aromatic nitrogens is 1. The Morgan fingerprint density at radius 2 is 2.20 bits per heavy atom. The van der Waals surface area contributed by atoms with Crippen LogP contribution in [0.25, 0.3) is 0 Å². The zero-order valence-electron chi connectivity index (χ0n) is 13.4. The van der Waals surface area contributed by atoms with Crippen molar-refractivity contribution in [3.05, 3.63) is 10.6 Å². The van der Waals surface area contributed by atoms with Crippen molar-refractivity contribution in [3.8, 4) is 0 Å². The zero-order valence-corrected chi connectivity index (χ0v) is 14.2. The Hall–Kier alpha value is -0.610. The van der Waals surface area contributed by atoms with E-state index in [-0.39, 0.29) is 0 Å². The number of nitrogens with one attached hydrogen (secondary N) is 1. The molecule has 114 valence electrons. The van der Waals surface area contributed by atoms with Crippen LogP contribution in [-0.4, -0.2) is 24.6 Å². The second kappa shape index (κ2) is 7.41. The van der Waals surface area contributed by atoms with Crippen molar-refractivity contribution < 1.29 is 0 Å². The quantitative estimate of drug-likeness (QED) is 0.854. The Morgan fingerprint density at radius 1 is 1.40 bits per heavy atom. The second-order valence-corrected chi connectivity index (χ2v) is 6.96. The highest BCUT2D eigenvalue weighted by Gasteiger charge is 2.25. The molecule has 1 aromatic heterocycles. The molecule has 2 heterocycles. The molecule has 2 atom stereocenters. The second-order valence-electron chi connectivity index (χ2n) is 5.90. The first kappa shape index (κ1) is 15.8. The Morgan fingerprint density at radius 3 is 2.85 bits per heavy atom. The summed E-state index contributed by atoms with van der Waals surface area (Å²) in [5.74, 6) is 0.563. The first-order valence-corrected chi connectivity index (χ1v) is 8.93. The summed E-state index contributed by atoms with van der Waals surface area (Å²) in [5.41, 5.74) is 1.32. The summed E-state index contributed by atoms with van der Waals surface area (Å²) in [6, 6.07) is 0.696. The molecule has 1 aromatic rings. The van der Waals surface area contributed by atoms with Crippen LogP contribution in [0.15, 0.2) is 0 Å². The topological polar surface area (TPSA) is 28.2 Å². The number of rotatable bonds is 6.